The number of imide groups is 1. The van der Waals surface area contributed by atoms with Crippen LogP contribution in [0.1, 0.15) is 80.6 Å². The number of H-pyrrole nitrogens is 1. The van der Waals surface area contributed by atoms with Crippen molar-refractivity contribution in [2.24, 2.45) is 5.92 Å². The molecule has 0 spiro atoms. The van der Waals surface area contributed by atoms with E-state index in [9.17, 15) is 14.4 Å². The lowest BCUT2D eigenvalue weighted by atomic mass is 9.95. The number of halogens is 1. The number of piperidine rings is 1. The Kier molecular flexibility index (Phi) is 11.6. The molecule has 1 unspecified atom stereocenters. The standard InChI is InChI=1S/C48H54FN11O4/c1-29-36(30(2)52-44(62)45-55-46(56-64-45)48(3,4)5)14-15-37(41(29)49)42-38-26-39(53-43(38)51-28-50-42)32-6-8-33(9-7-32)59-24-22-57(23-25-59)27-31-16-19-58(20-17-31)34-10-12-35(13-11-34)60-21-18-40(61)54-47(60)63/h6-15,26,28,30-31H,16-25,27H2,1-5H3,(H,52,62)(H,50,51,53)(H,54,61,63). The first kappa shape index (κ1) is 42.6. The van der Waals surface area contributed by atoms with E-state index in [0.29, 0.717) is 58.1 Å². The van der Waals surface area contributed by atoms with E-state index in [-0.39, 0.29) is 23.2 Å². The summed E-state index contributed by atoms with van der Waals surface area (Å²) in [7, 11) is 0. The Morgan fingerprint density at radius 3 is 2.23 bits per heavy atom. The van der Waals surface area contributed by atoms with Crippen LogP contribution in [0.25, 0.3) is 33.5 Å². The molecule has 15 nitrogen and oxygen atoms in total. The molecule has 9 rings (SSSR count). The molecule has 3 aromatic heterocycles. The number of carbonyl (C=O) groups excluding carboxylic acids is 3. The highest BCUT2D eigenvalue weighted by molar-refractivity contribution is 6.05. The third-order valence-electron chi connectivity index (χ3n) is 12.8. The molecule has 0 aliphatic carbocycles. The van der Waals surface area contributed by atoms with Gasteiger partial charge in [-0.3, -0.25) is 24.7 Å². The van der Waals surface area contributed by atoms with Gasteiger partial charge in [-0.25, -0.2) is 19.2 Å². The van der Waals surface area contributed by atoms with Crippen molar-refractivity contribution >= 4 is 45.9 Å². The second-order valence-electron chi connectivity index (χ2n) is 18.2. The number of carbonyl (C=O) groups is 3. The fourth-order valence-electron chi connectivity index (χ4n) is 9.05. The average molecular weight is 868 g/mol. The lowest BCUT2D eigenvalue weighted by Crippen LogP contribution is -2.49. The SMILES string of the molecule is Cc1c(C(C)NC(=O)c2nc(C(C)(C)C)no2)ccc(-c2ncnc3[nH]c(-c4ccc(N5CCN(CC6CCN(c7ccc(N8CCC(=O)NC8=O)cc7)CC6)CC5)cc4)cc23)c1F. The summed E-state index contributed by atoms with van der Waals surface area (Å²) < 4.78 is 21.4. The largest absolute Gasteiger partial charge is 0.372 e. The topological polar surface area (TPSA) is 169 Å². The predicted octanol–water partition coefficient (Wildman–Crippen LogP) is 7.40. The number of piperazine rings is 1. The zero-order valence-electron chi connectivity index (χ0n) is 36.9. The average Bonchev–Trinajstić information content (AvgIpc) is 3.98. The van der Waals surface area contributed by atoms with Crippen molar-refractivity contribution in [2.75, 3.05) is 67.1 Å². The maximum absolute atomic E-state index is 16.2. The molecule has 0 radical (unpaired) electrons. The molecule has 0 bridgehead atoms. The fourth-order valence-corrected chi connectivity index (χ4v) is 9.05. The molecule has 3 aliphatic rings. The lowest BCUT2D eigenvalue weighted by Gasteiger charge is -2.40. The minimum atomic E-state index is -0.529. The van der Waals surface area contributed by atoms with Crippen molar-refractivity contribution in [1.82, 2.24) is 40.6 Å². The minimum absolute atomic E-state index is 0.138. The molecule has 1 atom stereocenters. The third-order valence-corrected chi connectivity index (χ3v) is 12.8. The van der Waals surface area contributed by atoms with Crippen LogP contribution in [-0.2, 0) is 10.2 Å². The number of aromatic nitrogens is 5. The molecule has 3 aromatic carbocycles. The Hall–Kier alpha value is -6.68. The van der Waals surface area contributed by atoms with Gasteiger partial charge in [0.2, 0.25) is 5.91 Å². The molecule has 0 saturated carbocycles. The van der Waals surface area contributed by atoms with Gasteiger partial charge in [0.1, 0.15) is 17.8 Å². The number of nitrogens with one attached hydrogen (secondary N) is 3. The van der Waals surface area contributed by atoms with Crippen molar-refractivity contribution < 1.29 is 23.3 Å². The predicted molar refractivity (Wildman–Crippen MR) is 244 cm³/mol. The van der Waals surface area contributed by atoms with Gasteiger partial charge < -0.3 is 24.6 Å². The number of amides is 4. The van der Waals surface area contributed by atoms with E-state index in [0.717, 1.165) is 75.6 Å². The van der Waals surface area contributed by atoms with Crippen LogP contribution in [0.3, 0.4) is 0 Å². The number of fused-ring (bicyclic) bond motifs is 1. The minimum Gasteiger partial charge on any atom is -0.372 e. The zero-order chi connectivity index (χ0) is 44.7. The van der Waals surface area contributed by atoms with Gasteiger partial charge in [-0.2, -0.15) is 4.98 Å². The number of anilines is 3. The third kappa shape index (κ3) is 8.78. The first-order valence-corrected chi connectivity index (χ1v) is 22.1. The van der Waals surface area contributed by atoms with Crippen molar-refractivity contribution in [2.45, 2.75) is 65.3 Å². The summed E-state index contributed by atoms with van der Waals surface area (Å²) in [6.07, 6.45) is 4.05. The van der Waals surface area contributed by atoms with Gasteiger partial charge in [-0.15, -0.1) is 0 Å². The van der Waals surface area contributed by atoms with Crippen molar-refractivity contribution in [3.8, 4) is 22.5 Å². The molecule has 3 saturated heterocycles. The summed E-state index contributed by atoms with van der Waals surface area (Å²) in [5, 5.41) is 9.90. The van der Waals surface area contributed by atoms with Gasteiger partial charge >= 0.3 is 17.8 Å². The van der Waals surface area contributed by atoms with E-state index in [4.69, 9.17) is 4.52 Å². The van der Waals surface area contributed by atoms with E-state index in [1.165, 1.54) is 17.7 Å². The van der Waals surface area contributed by atoms with Gasteiger partial charge in [-0.05, 0) is 97.8 Å². The van der Waals surface area contributed by atoms with E-state index >= 15 is 4.39 Å². The summed E-state index contributed by atoms with van der Waals surface area (Å²) >= 11 is 0. The van der Waals surface area contributed by atoms with Crippen LogP contribution in [0.2, 0.25) is 0 Å². The number of hydrogen-bond donors (Lipinski definition) is 3. The van der Waals surface area contributed by atoms with E-state index < -0.39 is 17.8 Å². The Bertz CT molecular complexity index is 2670. The number of hydrogen-bond acceptors (Lipinski definition) is 11. The monoisotopic (exact) mass is 867 g/mol. The van der Waals surface area contributed by atoms with Crippen LogP contribution >= 0.6 is 0 Å². The number of urea groups is 1. The molecule has 16 heteroatoms. The molecular formula is C48H54FN11O4. The van der Waals surface area contributed by atoms with Crippen molar-refractivity contribution in [3.63, 3.8) is 0 Å². The summed E-state index contributed by atoms with van der Waals surface area (Å²) in [5.41, 5.74) is 7.10. The second-order valence-corrected chi connectivity index (χ2v) is 18.2. The summed E-state index contributed by atoms with van der Waals surface area (Å²) in [6, 6.07) is 21.3. The highest BCUT2D eigenvalue weighted by Gasteiger charge is 2.28. The Morgan fingerprint density at radius 2 is 1.56 bits per heavy atom. The quantitative estimate of drug-likeness (QED) is 0.126. The van der Waals surface area contributed by atoms with Crippen molar-refractivity contribution in [1.29, 1.82) is 0 Å². The van der Waals surface area contributed by atoms with E-state index in [1.807, 2.05) is 45.0 Å². The van der Waals surface area contributed by atoms with Gasteiger partial charge in [-0.1, -0.05) is 44.1 Å². The second kappa shape index (κ2) is 17.5. The molecule has 3 fully saturated rings. The molecule has 6 heterocycles. The Balaban J connectivity index is 0.781. The van der Waals surface area contributed by atoms with Crippen LogP contribution in [0.5, 0.6) is 0 Å². The molecule has 64 heavy (non-hydrogen) atoms. The molecular weight excluding hydrogens is 814 g/mol. The maximum atomic E-state index is 16.2. The van der Waals surface area contributed by atoms with Crippen LogP contribution < -0.4 is 25.3 Å². The first-order valence-electron chi connectivity index (χ1n) is 22.1. The number of rotatable bonds is 10. The Morgan fingerprint density at radius 1 is 0.891 bits per heavy atom. The van der Waals surface area contributed by atoms with Gasteiger partial charge in [0.05, 0.1) is 11.7 Å². The molecule has 4 amide bonds. The Labute approximate surface area is 371 Å². The number of benzene rings is 3. The van der Waals surface area contributed by atoms with E-state index in [1.54, 1.807) is 24.8 Å². The smallest absolute Gasteiger partial charge is 0.328 e. The molecule has 3 N–H and O–H groups in total. The molecule has 332 valence electrons. The van der Waals surface area contributed by atoms with Crippen LogP contribution in [0, 0.1) is 18.7 Å². The molecule has 3 aliphatic heterocycles. The van der Waals surface area contributed by atoms with Crippen molar-refractivity contribution in [3.05, 3.63) is 102 Å². The summed E-state index contributed by atoms with van der Waals surface area (Å²) in [5.74, 6) is -0.221. The lowest BCUT2D eigenvalue weighted by molar-refractivity contribution is -0.120. The molecule has 6 aromatic rings. The maximum Gasteiger partial charge on any atom is 0.328 e. The number of nitrogens with zero attached hydrogens (tertiary/aromatic N) is 8. The normalized spacial score (nSPS) is 17.2. The fraction of sp³-hybridized carbons (Fsp3) is 0.396. The first-order chi connectivity index (χ1) is 30.8. The van der Waals surface area contributed by atoms with Gasteiger partial charge in [0.25, 0.3) is 0 Å². The van der Waals surface area contributed by atoms with Crippen LogP contribution in [-0.4, -0.2) is 100 Å². The number of aromatic amines is 1. The van der Waals surface area contributed by atoms with Crippen LogP contribution in [0.4, 0.5) is 26.2 Å². The van der Waals surface area contributed by atoms with Gasteiger partial charge in [0, 0.05) is 97.9 Å². The van der Waals surface area contributed by atoms with Gasteiger partial charge in [0.15, 0.2) is 5.82 Å². The van der Waals surface area contributed by atoms with Crippen LogP contribution in [0.15, 0.2) is 77.6 Å². The highest BCUT2D eigenvalue weighted by atomic mass is 19.1. The zero-order valence-corrected chi connectivity index (χ0v) is 36.9. The summed E-state index contributed by atoms with van der Waals surface area (Å²) in [4.78, 5) is 62.5. The summed E-state index contributed by atoms with van der Waals surface area (Å²) in [6.45, 7) is 16.8. The van der Waals surface area contributed by atoms with E-state index in [2.05, 4.69) is 86.8 Å². The highest BCUT2D eigenvalue weighted by Crippen LogP contribution is 2.35.